The van der Waals surface area contributed by atoms with Crippen LogP contribution in [0, 0.1) is 23.2 Å². The van der Waals surface area contributed by atoms with E-state index in [2.05, 4.69) is 33.5 Å². The van der Waals surface area contributed by atoms with Crippen molar-refractivity contribution < 1.29 is 4.79 Å². The van der Waals surface area contributed by atoms with Gasteiger partial charge >= 0.3 is 6.03 Å². The maximum absolute atomic E-state index is 12.4. The Morgan fingerprint density at radius 2 is 1.75 bits per heavy atom. The zero-order chi connectivity index (χ0) is 16.7. The number of hydrogen-bond acceptors (Lipinski definition) is 1. The first-order valence-electron chi connectivity index (χ1n) is 9.32. The molecule has 0 heterocycles. The summed E-state index contributed by atoms with van der Waals surface area (Å²) >= 11 is 3.53. The zero-order valence-corrected chi connectivity index (χ0v) is 15.9. The van der Waals surface area contributed by atoms with Gasteiger partial charge in [0.25, 0.3) is 0 Å². The van der Waals surface area contributed by atoms with Gasteiger partial charge in [0.1, 0.15) is 0 Å². The standard InChI is InChI=1S/C20H27BrN2O/c1-13(20-9-14-6-15(10-20)8-16(7-14)11-20)23-19(24)22-12-17-4-2-3-5-18(17)21/h2-5,13-16H,6-12H2,1H3,(H2,22,23,24). The molecule has 4 bridgehead atoms. The van der Waals surface area contributed by atoms with Crippen LogP contribution in [0.4, 0.5) is 4.79 Å². The largest absolute Gasteiger partial charge is 0.335 e. The van der Waals surface area contributed by atoms with Crippen molar-refractivity contribution in [2.24, 2.45) is 23.2 Å². The molecule has 1 unspecified atom stereocenters. The Labute approximate surface area is 153 Å². The molecule has 3 nitrogen and oxygen atoms in total. The Hall–Kier alpha value is -1.03. The lowest BCUT2D eigenvalue weighted by Gasteiger charge is -2.59. The summed E-state index contributed by atoms with van der Waals surface area (Å²) in [6, 6.07) is 8.26. The van der Waals surface area contributed by atoms with Gasteiger partial charge in [-0.05, 0) is 80.2 Å². The number of rotatable bonds is 4. The van der Waals surface area contributed by atoms with E-state index >= 15 is 0 Å². The molecule has 0 saturated heterocycles. The van der Waals surface area contributed by atoms with Crippen LogP contribution in [0.25, 0.3) is 0 Å². The number of benzene rings is 1. The maximum atomic E-state index is 12.4. The quantitative estimate of drug-likeness (QED) is 0.757. The van der Waals surface area contributed by atoms with Crippen LogP contribution < -0.4 is 10.6 Å². The second-order valence-corrected chi connectivity index (χ2v) is 9.27. The van der Waals surface area contributed by atoms with Crippen LogP contribution in [0.5, 0.6) is 0 Å². The van der Waals surface area contributed by atoms with Gasteiger partial charge in [0.05, 0.1) is 0 Å². The first-order chi connectivity index (χ1) is 11.5. The average molecular weight is 391 g/mol. The molecular weight excluding hydrogens is 364 g/mol. The summed E-state index contributed by atoms with van der Waals surface area (Å²) in [7, 11) is 0. The number of carbonyl (C=O) groups excluding carboxylic acids is 1. The number of nitrogens with one attached hydrogen (secondary N) is 2. The Morgan fingerprint density at radius 3 is 2.33 bits per heavy atom. The van der Waals surface area contributed by atoms with Crippen molar-refractivity contribution in [3.8, 4) is 0 Å². The SMILES string of the molecule is CC(NC(=O)NCc1ccccc1Br)C12CC3CC(CC(C3)C1)C2. The van der Waals surface area contributed by atoms with E-state index in [9.17, 15) is 4.79 Å². The molecule has 5 rings (SSSR count). The number of urea groups is 1. The molecule has 1 aromatic rings. The lowest BCUT2D eigenvalue weighted by Crippen LogP contribution is -2.57. The third-order valence-corrected chi connectivity index (χ3v) is 7.52. The zero-order valence-electron chi connectivity index (χ0n) is 14.4. The fourth-order valence-corrected chi connectivity index (χ4v) is 6.35. The van der Waals surface area contributed by atoms with Gasteiger partial charge in [0.15, 0.2) is 0 Å². The molecule has 4 fully saturated rings. The average Bonchev–Trinajstić information content (AvgIpc) is 2.53. The van der Waals surface area contributed by atoms with E-state index in [1.54, 1.807) is 0 Å². The van der Waals surface area contributed by atoms with Gasteiger partial charge in [-0.3, -0.25) is 0 Å². The van der Waals surface area contributed by atoms with E-state index in [-0.39, 0.29) is 12.1 Å². The summed E-state index contributed by atoms with van der Waals surface area (Å²) in [5.41, 5.74) is 1.47. The fraction of sp³-hybridized carbons (Fsp3) is 0.650. The minimum atomic E-state index is -0.0333. The van der Waals surface area contributed by atoms with Crippen molar-refractivity contribution >= 4 is 22.0 Å². The van der Waals surface area contributed by atoms with Gasteiger partial charge in [0.2, 0.25) is 0 Å². The van der Waals surface area contributed by atoms with Crippen LogP contribution in [0.1, 0.15) is 51.0 Å². The lowest BCUT2D eigenvalue weighted by molar-refractivity contribution is -0.0682. The van der Waals surface area contributed by atoms with E-state index in [0.29, 0.717) is 12.0 Å². The van der Waals surface area contributed by atoms with Gasteiger partial charge in [-0.2, -0.15) is 0 Å². The van der Waals surface area contributed by atoms with Crippen molar-refractivity contribution in [2.45, 2.75) is 58.0 Å². The lowest BCUT2D eigenvalue weighted by atomic mass is 9.48. The molecule has 0 aromatic heterocycles. The van der Waals surface area contributed by atoms with Crippen LogP contribution in [-0.2, 0) is 6.54 Å². The van der Waals surface area contributed by atoms with E-state index in [0.717, 1.165) is 27.8 Å². The second kappa shape index (κ2) is 6.36. The molecule has 0 radical (unpaired) electrons. The van der Waals surface area contributed by atoms with Crippen LogP contribution in [0.15, 0.2) is 28.7 Å². The smallest absolute Gasteiger partial charge is 0.315 e. The second-order valence-electron chi connectivity index (χ2n) is 8.42. The number of hydrogen-bond donors (Lipinski definition) is 2. The fourth-order valence-electron chi connectivity index (χ4n) is 5.93. The molecule has 1 aromatic carbocycles. The first kappa shape index (κ1) is 16.4. The Balaban J connectivity index is 1.35. The van der Waals surface area contributed by atoms with Crippen LogP contribution in [-0.4, -0.2) is 12.1 Å². The van der Waals surface area contributed by atoms with Gasteiger partial charge in [0, 0.05) is 17.1 Å². The molecule has 130 valence electrons. The highest BCUT2D eigenvalue weighted by atomic mass is 79.9. The summed E-state index contributed by atoms with van der Waals surface area (Å²) in [6.07, 6.45) is 8.31. The third-order valence-electron chi connectivity index (χ3n) is 6.75. The summed E-state index contributed by atoms with van der Waals surface area (Å²) < 4.78 is 1.04. The number of halogens is 1. The Morgan fingerprint density at radius 1 is 1.17 bits per heavy atom. The summed E-state index contributed by atoms with van der Waals surface area (Å²) in [5.74, 6) is 2.76. The van der Waals surface area contributed by atoms with Crippen LogP contribution in [0.2, 0.25) is 0 Å². The normalized spacial score (nSPS) is 34.8. The van der Waals surface area contributed by atoms with Crippen molar-refractivity contribution in [3.05, 3.63) is 34.3 Å². The summed E-state index contributed by atoms with van der Waals surface area (Å²) in [5, 5.41) is 6.28. The van der Waals surface area contributed by atoms with Gasteiger partial charge in [-0.25, -0.2) is 4.79 Å². The predicted molar refractivity (Wildman–Crippen MR) is 99.6 cm³/mol. The molecule has 0 aliphatic heterocycles. The first-order valence-corrected chi connectivity index (χ1v) is 10.1. The van der Waals surface area contributed by atoms with Crippen molar-refractivity contribution in [3.63, 3.8) is 0 Å². The molecule has 4 aliphatic carbocycles. The maximum Gasteiger partial charge on any atom is 0.315 e. The topological polar surface area (TPSA) is 41.1 Å². The highest BCUT2D eigenvalue weighted by molar-refractivity contribution is 9.10. The minimum absolute atomic E-state index is 0.0333. The van der Waals surface area contributed by atoms with Gasteiger partial charge in [-0.15, -0.1) is 0 Å². The Bertz CT molecular complexity index is 595. The summed E-state index contributed by atoms with van der Waals surface area (Å²) in [4.78, 5) is 12.4. The molecule has 2 amide bonds. The monoisotopic (exact) mass is 390 g/mol. The molecule has 4 aliphatic rings. The number of amides is 2. The highest BCUT2D eigenvalue weighted by Gasteiger charge is 2.53. The van der Waals surface area contributed by atoms with Crippen molar-refractivity contribution in [1.29, 1.82) is 0 Å². The van der Waals surface area contributed by atoms with E-state index in [1.165, 1.54) is 38.5 Å². The molecule has 2 N–H and O–H groups in total. The molecule has 0 spiro atoms. The predicted octanol–water partition coefficient (Wildman–Crippen LogP) is 4.85. The third kappa shape index (κ3) is 3.10. The Kier molecular flexibility index (Phi) is 4.36. The molecule has 24 heavy (non-hydrogen) atoms. The van der Waals surface area contributed by atoms with Crippen LogP contribution in [0.3, 0.4) is 0 Å². The summed E-state index contributed by atoms with van der Waals surface area (Å²) in [6.45, 7) is 2.78. The minimum Gasteiger partial charge on any atom is -0.335 e. The molecular formula is C20H27BrN2O. The molecule has 4 saturated carbocycles. The van der Waals surface area contributed by atoms with Crippen molar-refractivity contribution in [2.75, 3.05) is 0 Å². The molecule has 1 atom stereocenters. The van der Waals surface area contributed by atoms with E-state index in [4.69, 9.17) is 0 Å². The molecule has 4 heteroatoms. The van der Waals surface area contributed by atoms with Gasteiger partial charge in [-0.1, -0.05) is 34.1 Å². The van der Waals surface area contributed by atoms with E-state index < -0.39 is 0 Å². The van der Waals surface area contributed by atoms with Crippen molar-refractivity contribution in [1.82, 2.24) is 10.6 Å². The van der Waals surface area contributed by atoms with Gasteiger partial charge < -0.3 is 10.6 Å². The van der Waals surface area contributed by atoms with E-state index in [1.807, 2.05) is 24.3 Å². The highest BCUT2D eigenvalue weighted by Crippen LogP contribution is 2.61. The van der Waals surface area contributed by atoms with Crippen LogP contribution >= 0.6 is 15.9 Å². The number of carbonyl (C=O) groups is 1.